The number of aliphatic carboxylic acids is 1. The van der Waals surface area contributed by atoms with Crippen LogP contribution in [0.1, 0.15) is 12.5 Å². The molecule has 3 rings (SSSR count). The number of carbonyl (C=O) groups excluding carboxylic acids is 1. The van der Waals surface area contributed by atoms with Crippen molar-refractivity contribution < 1.29 is 14.7 Å². The molecule has 0 radical (unpaired) electrons. The van der Waals surface area contributed by atoms with Crippen LogP contribution in [0.3, 0.4) is 0 Å². The molecule has 1 atom stereocenters. The van der Waals surface area contributed by atoms with Crippen LogP contribution in [-0.4, -0.2) is 32.6 Å². The van der Waals surface area contributed by atoms with E-state index in [-0.39, 0.29) is 0 Å². The zero-order valence-corrected chi connectivity index (χ0v) is 13.6. The van der Waals surface area contributed by atoms with E-state index in [2.05, 4.69) is 10.3 Å². The number of nitrogens with one attached hydrogen (secondary N) is 1. The Morgan fingerprint density at radius 1 is 1.20 bits per heavy atom. The molecular weight excluding hydrogens is 318 g/mol. The maximum atomic E-state index is 12.2. The Morgan fingerprint density at radius 2 is 1.96 bits per heavy atom. The van der Waals surface area contributed by atoms with Gasteiger partial charge in [-0.05, 0) is 29.3 Å². The molecule has 6 heteroatoms. The second-order valence-electron chi connectivity index (χ2n) is 5.63. The largest absolute Gasteiger partial charge is 0.480 e. The lowest BCUT2D eigenvalue weighted by Gasteiger charge is -2.12. The van der Waals surface area contributed by atoms with E-state index in [9.17, 15) is 9.59 Å². The van der Waals surface area contributed by atoms with Gasteiger partial charge in [0.25, 0.3) is 0 Å². The van der Waals surface area contributed by atoms with Crippen LogP contribution in [0.25, 0.3) is 16.5 Å². The normalized spacial score (nSPS) is 12.8. The Kier molecular flexibility index (Phi) is 4.61. The Bertz CT molecular complexity index is 945. The molecule has 0 saturated heterocycles. The summed E-state index contributed by atoms with van der Waals surface area (Å²) in [5.41, 5.74) is 1.44. The van der Waals surface area contributed by atoms with Crippen LogP contribution in [0.5, 0.6) is 0 Å². The summed E-state index contributed by atoms with van der Waals surface area (Å²) in [4.78, 5) is 27.2. The first-order valence-corrected chi connectivity index (χ1v) is 7.77. The molecule has 0 fully saturated rings. The first-order chi connectivity index (χ1) is 12.0. The summed E-state index contributed by atoms with van der Waals surface area (Å²) in [5, 5.41) is 13.5. The maximum Gasteiger partial charge on any atom is 0.325 e. The molecule has 3 aromatic rings. The van der Waals surface area contributed by atoms with Gasteiger partial charge in [0.15, 0.2) is 0 Å². The average Bonchev–Trinajstić information content (AvgIpc) is 3.13. The topological polar surface area (TPSA) is 84.2 Å². The zero-order chi connectivity index (χ0) is 17.8. The monoisotopic (exact) mass is 335 g/mol. The Hall–Kier alpha value is -3.41. The van der Waals surface area contributed by atoms with Crippen LogP contribution in [-0.2, 0) is 9.59 Å². The second-order valence-corrected chi connectivity index (χ2v) is 5.63. The Labute approximate surface area is 144 Å². The van der Waals surface area contributed by atoms with Gasteiger partial charge in [-0.3, -0.25) is 9.59 Å². The first-order valence-electron chi connectivity index (χ1n) is 7.77. The van der Waals surface area contributed by atoms with Crippen molar-refractivity contribution in [3.8, 4) is 0 Å². The van der Waals surface area contributed by atoms with Gasteiger partial charge in [0.1, 0.15) is 6.04 Å². The van der Waals surface area contributed by atoms with Crippen molar-refractivity contribution in [2.75, 3.05) is 0 Å². The van der Waals surface area contributed by atoms with Gasteiger partial charge in [-0.25, -0.2) is 4.98 Å². The molecule has 6 nitrogen and oxygen atoms in total. The number of nitrogens with zero attached hydrogens (tertiary/aromatic N) is 2. The number of rotatable bonds is 5. The van der Waals surface area contributed by atoms with E-state index in [1.54, 1.807) is 23.3 Å². The number of hydrogen-bond donors (Lipinski definition) is 2. The maximum absolute atomic E-state index is 12.2. The molecule has 0 aliphatic carbocycles. The van der Waals surface area contributed by atoms with Gasteiger partial charge in [0, 0.05) is 18.5 Å². The lowest BCUT2D eigenvalue weighted by molar-refractivity contribution is -0.140. The fourth-order valence-electron chi connectivity index (χ4n) is 2.50. The standard InChI is InChI=1S/C19H17N3O3/c1-13(19(24)25)21-18(23)11-17(22-9-8-20-12-22)16-7-6-14-4-2-3-5-15(14)10-16/h2-13H,1H3,(H,21,23)(H,24,25)/b17-11+. The third kappa shape index (κ3) is 3.74. The molecule has 1 amide bonds. The number of benzene rings is 2. The number of imidazole rings is 1. The first kappa shape index (κ1) is 16.4. The highest BCUT2D eigenvalue weighted by molar-refractivity contribution is 5.98. The number of carboxylic acids is 1. The third-order valence-corrected chi connectivity index (χ3v) is 3.82. The van der Waals surface area contributed by atoms with Gasteiger partial charge < -0.3 is 15.0 Å². The molecule has 1 unspecified atom stereocenters. The van der Waals surface area contributed by atoms with E-state index >= 15 is 0 Å². The van der Waals surface area contributed by atoms with Crippen molar-refractivity contribution in [2.24, 2.45) is 0 Å². The lowest BCUT2D eigenvalue weighted by Crippen LogP contribution is -2.37. The molecule has 126 valence electrons. The summed E-state index contributed by atoms with van der Waals surface area (Å²) >= 11 is 0. The van der Waals surface area contributed by atoms with Crippen LogP contribution in [0, 0.1) is 0 Å². The molecule has 25 heavy (non-hydrogen) atoms. The van der Waals surface area contributed by atoms with E-state index in [1.807, 2.05) is 42.5 Å². The molecule has 0 saturated carbocycles. The molecule has 0 aliphatic rings. The average molecular weight is 335 g/mol. The van der Waals surface area contributed by atoms with Crippen molar-refractivity contribution in [1.29, 1.82) is 0 Å². The van der Waals surface area contributed by atoms with Crippen LogP contribution in [0.15, 0.2) is 67.3 Å². The minimum absolute atomic E-state index is 0.480. The van der Waals surface area contributed by atoms with Gasteiger partial charge in [0.05, 0.1) is 12.0 Å². The number of carboxylic acid groups (broad SMARTS) is 1. The SMILES string of the molecule is CC(NC(=O)/C=C(\c1ccc2ccccc2c1)n1ccnc1)C(=O)O. The van der Waals surface area contributed by atoms with Gasteiger partial charge >= 0.3 is 5.97 Å². The molecular formula is C19H17N3O3. The molecule has 0 spiro atoms. The van der Waals surface area contributed by atoms with Crippen LogP contribution in [0.2, 0.25) is 0 Å². The van der Waals surface area contributed by atoms with Gasteiger partial charge in [-0.2, -0.15) is 0 Å². The highest BCUT2D eigenvalue weighted by Gasteiger charge is 2.14. The fourth-order valence-corrected chi connectivity index (χ4v) is 2.50. The van der Waals surface area contributed by atoms with Gasteiger partial charge in [-0.1, -0.05) is 36.4 Å². The van der Waals surface area contributed by atoms with Crippen LogP contribution >= 0.6 is 0 Å². The van der Waals surface area contributed by atoms with Crippen molar-refractivity contribution >= 4 is 28.3 Å². The highest BCUT2D eigenvalue weighted by atomic mass is 16.4. The van der Waals surface area contributed by atoms with E-state index in [0.29, 0.717) is 5.70 Å². The Morgan fingerprint density at radius 3 is 2.64 bits per heavy atom. The summed E-state index contributed by atoms with van der Waals surface area (Å²) in [6, 6.07) is 12.8. The van der Waals surface area contributed by atoms with Crippen molar-refractivity contribution in [2.45, 2.75) is 13.0 Å². The van der Waals surface area contributed by atoms with E-state index in [4.69, 9.17) is 5.11 Å². The minimum atomic E-state index is -1.09. The fraction of sp³-hybridized carbons (Fsp3) is 0.105. The number of amides is 1. The minimum Gasteiger partial charge on any atom is -0.480 e. The van der Waals surface area contributed by atoms with Gasteiger partial charge in [-0.15, -0.1) is 0 Å². The van der Waals surface area contributed by atoms with E-state index in [1.165, 1.54) is 13.0 Å². The second kappa shape index (κ2) is 7.00. The van der Waals surface area contributed by atoms with Gasteiger partial charge in [0.2, 0.25) is 5.91 Å². The van der Waals surface area contributed by atoms with Crippen molar-refractivity contribution in [3.05, 3.63) is 72.8 Å². The summed E-state index contributed by atoms with van der Waals surface area (Å²) < 4.78 is 1.72. The quantitative estimate of drug-likeness (QED) is 0.702. The predicted octanol–water partition coefficient (Wildman–Crippen LogP) is 2.51. The smallest absolute Gasteiger partial charge is 0.325 e. The lowest BCUT2D eigenvalue weighted by atomic mass is 10.0. The predicted molar refractivity (Wildman–Crippen MR) is 94.8 cm³/mol. The molecule has 0 bridgehead atoms. The molecule has 0 aliphatic heterocycles. The van der Waals surface area contributed by atoms with Crippen LogP contribution in [0.4, 0.5) is 0 Å². The molecule has 2 aromatic carbocycles. The summed E-state index contributed by atoms with van der Waals surface area (Å²) in [7, 11) is 0. The number of fused-ring (bicyclic) bond motifs is 1. The van der Waals surface area contributed by atoms with Crippen molar-refractivity contribution in [1.82, 2.24) is 14.9 Å². The van der Waals surface area contributed by atoms with Crippen LogP contribution < -0.4 is 5.32 Å². The highest BCUT2D eigenvalue weighted by Crippen LogP contribution is 2.22. The summed E-state index contributed by atoms with van der Waals surface area (Å²) in [5.74, 6) is -1.57. The molecule has 2 N–H and O–H groups in total. The Balaban J connectivity index is 2.01. The summed E-state index contributed by atoms with van der Waals surface area (Å²) in [6.07, 6.45) is 6.32. The van der Waals surface area contributed by atoms with E-state index in [0.717, 1.165) is 16.3 Å². The zero-order valence-electron chi connectivity index (χ0n) is 13.6. The summed E-state index contributed by atoms with van der Waals surface area (Å²) in [6.45, 7) is 1.42. The van der Waals surface area contributed by atoms with E-state index < -0.39 is 17.9 Å². The molecule has 1 heterocycles. The number of carbonyl (C=O) groups is 2. The third-order valence-electron chi connectivity index (χ3n) is 3.82. The van der Waals surface area contributed by atoms with Crippen molar-refractivity contribution in [3.63, 3.8) is 0 Å². The molecule has 1 aromatic heterocycles. The number of hydrogen-bond acceptors (Lipinski definition) is 3. The number of aromatic nitrogens is 2.